The van der Waals surface area contributed by atoms with Crippen LogP contribution in [-0.4, -0.2) is 23.1 Å². The summed E-state index contributed by atoms with van der Waals surface area (Å²) in [4.78, 5) is 13.7. The molecule has 0 heterocycles. The molecule has 0 amide bonds. The fourth-order valence-corrected chi connectivity index (χ4v) is 1.76. The van der Waals surface area contributed by atoms with Crippen molar-refractivity contribution in [3.05, 3.63) is 0 Å². The highest BCUT2D eigenvalue weighted by Gasteiger charge is 2.42. The van der Waals surface area contributed by atoms with E-state index in [1.54, 1.807) is 6.08 Å². The quantitative estimate of drug-likeness (QED) is 0.458. The zero-order chi connectivity index (χ0) is 7.45. The molecule has 1 rings (SSSR count). The second-order valence-electron chi connectivity index (χ2n) is 2.56. The molecule has 0 atom stereocenters. The normalized spacial score (nSPS) is 19.7. The van der Waals surface area contributed by atoms with Gasteiger partial charge < -0.3 is 0 Å². The van der Waals surface area contributed by atoms with Crippen LogP contribution in [0.3, 0.4) is 0 Å². The zero-order valence-electron chi connectivity index (χ0n) is 6.09. The minimum absolute atomic E-state index is 0.0163. The van der Waals surface area contributed by atoms with Gasteiger partial charge >= 0.3 is 0 Å². The molecule has 3 heteroatoms. The predicted octanol–water partition coefficient (Wildman–Crippen LogP) is 1.61. The number of isocyanates is 1. The molecule has 0 radical (unpaired) electrons. The van der Waals surface area contributed by atoms with Gasteiger partial charge in [-0.15, -0.1) is 0 Å². The smallest absolute Gasteiger partial charge is 0.211 e. The summed E-state index contributed by atoms with van der Waals surface area (Å²) < 4.78 is 0. The van der Waals surface area contributed by atoms with E-state index >= 15 is 0 Å². The number of rotatable bonds is 4. The zero-order valence-corrected chi connectivity index (χ0v) is 6.91. The van der Waals surface area contributed by atoms with E-state index in [4.69, 9.17) is 0 Å². The molecule has 1 aliphatic rings. The van der Waals surface area contributed by atoms with Crippen LogP contribution in [-0.2, 0) is 4.79 Å². The molecule has 1 aliphatic carbocycles. The molecule has 0 N–H and O–H groups in total. The number of thioether (sulfide) groups is 1. The molecule has 0 aromatic carbocycles. The molecular weight excluding hydrogens is 146 g/mol. The first-order valence-electron chi connectivity index (χ1n) is 3.50. The lowest BCUT2D eigenvalue weighted by Gasteiger charge is -2.03. The van der Waals surface area contributed by atoms with Crippen LogP contribution in [0, 0.1) is 0 Å². The molecule has 0 unspecified atom stereocenters. The third kappa shape index (κ3) is 1.86. The van der Waals surface area contributed by atoms with Crippen molar-refractivity contribution in [3.63, 3.8) is 0 Å². The first-order valence-corrected chi connectivity index (χ1v) is 4.65. The minimum atomic E-state index is 0.0163. The van der Waals surface area contributed by atoms with Gasteiger partial charge in [-0.1, -0.05) is 6.92 Å². The van der Waals surface area contributed by atoms with Gasteiger partial charge in [-0.25, -0.2) is 4.79 Å². The summed E-state index contributed by atoms with van der Waals surface area (Å²) in [6.07, 6.45) is 3.80. The van der Waals surface area contributed by atoms with Crippen LogP contribution in [0.15, 0.2) is 4.99 Å². The van der Waals surface area contributed by atoms with Crippen molar-refractivity contribution in [1.82, 2.24) is 0 Å². The molecule has 0 bridgehead atoms. The monoisotopic (exact) mass is 157 g/mol. The highest BCUT2D eigenvalue weighted by atomic mass is 32.2. The fraction of sp³-hybridized carbons (Fsp3) is 0.857. The van der Waals surface area contributed by atoms with Crippen molar-refractivity contribution < 1.29 is 4.79 Å². The molecule has 0 saturated heterocycles. The van der Waals surface area contributed by atoms with E-state index in [0.717, 1.165) is 24.3 Å². The maximum atomic E-state index is 9.92. The van der Waals surface area contributed by atoms with Crippen molar-refractivity contribution in [2.24, 2.45) is 4.99 Å². The molecule has 56 valence electrons. The molecule has 0 aromatic rings. The molecule has 2 nitrogen and oxygen atoms in total. The van der Waals surface area contributed by atoms with Gasteiger partial charge in [0.05, 0.1) is 5.54 Å². The number of carbonyl (C=O) groups excluding carboxylic acids is 1. The van der Waals surface area contributed by atoms with E-state index in [1.165, 1.54) is 0 Å². The summed E-state index contributed by atoms with van der Waals surface area (Å²) in [5.74, 6) is 2.11. The first kappa shape index (κ1) is 7.83. The van der Waals surface area contributed by atoms with Crippen LogP contribution < -0.4 is 0 Å². The molecule has 0 spiro atoms. The summed E-state index contributed by atoms with van der Waals surface area (Å²) in [6.45, 7) is 2.12. The van der Waals surface area contributed by atoms with Gasteiger partial charge in [0.1, 0.15) is 0 Å². The molecule has 0 aromatic heterocycles. The lowest BCUT2D eigenvalue weighted by atomic mass is 10.3. The van der Waals surface area contributed by atoms with Crippen LogP contribution in [0.5, 0.6) is 0 Å². The standard InChI is InChI=1S/C7H11NOS/c1-2-10-5-7(3-4-7)8-6-9/h2-5H2,1H3. The second-order valence-corrected chi connectivity index (χ2v) is 3.84. The molecule has 10 heavy (non-hydrogen) atoms. The topological polar surface area (TPSA) is 29.4 Å². The summed E-state index contributed by atoms with van der Waals surface area (Å²) in [6, 6.07) is 0. The van der Waals surface area contributed by atoms with Gasteiger partial charge in [0.2, 0.25) is 6.08 Å². The summed E-state index contributed by atoms with van der Waals surface area (Å²) in [7, 11) is 0. The maximum Gasteiger partial charge on any atom is 0.235 e. The number of hydrogen-bond acceptors (Lipinski definition) is 3. The van der Waals surface area contributed by atoms with E-state index in [0.29, 0.717) is 0 Å². The maximum absolute atomic E-state index is 9.92. The van der Waals surface area contributed by atoms with Crippen molar-refractivity contribution in [2.75, 3.05) is 11.5 Å². The lowest BCUT2D eigenvalue weighted by molar-refractivity contribution is 0.558. The number of hydrogen-bond donors (Lipinski definition) is 0. The van der Waals surface area contributed by atoms with Crippen LogP contribution in [0.25, 0.3) is 0 Å². The largest absolute Gasteiger partial charge is 0.235 e. The summed E-state index contributed by atoms with van der Waals surface area (Å²) in [5.41, 5.74) is 0.0163. The Kier molecular flexibility index (Phi) is 2.52. The van der Waals surface area contributed by atoms with Crippen LogP contribution in [0.1, 0.15) is 19.8 Å². The number of aliphatic imine (C=N–C) groups is 1. The third-order valence-electron chi connectivity index (χ3n) is 1.68. The van der Waals surface area contributed by atoms with E-state index in [-0.39, 0.29) is 5.54 Å². The van der Waals surface area contributed by atoms with Crippen molar-refractivity contribution in [1.29, 1.82) is 0 Å². The van der Waals surface area contributed by atoms with Gasteiger partial charge in [-0.2, -0.15) is 16.8 Å². The Morgan fingerprint density at radius 3 is 2.80 bits per heavy atom. The summed E-state index contributed by atoms with van der Waals surface area (Å²) in [5, 5.41) is 0. The van der Waals surface area contributed by atoms with Gasteiger partial charge in [-0.3, -0.25) is 0 Å². The Labute approximate surface area is 65.1 Å². The lowest BCUT2D eigenvalue weighted by Crippen LogP contribution is -2.07. The van der Waals surface area contributed by atoms with Crippen molar-refractivity contribution >= 4 is 17.8 Å². The van der Waals surface area contributed by atoms with Crippen LogP contribution in [0.2, 0.25) is 0 Å². The molecule has 1 saturated carbocycles. The summed E-state index contributed by atoms with van der Waals surface area (Å²) >= 11 is 1.84. The molecule has 0 aliphatic heterocycles. The van der Waals surface area contributed by atoms with Gasteiger partial charge in [0, 0.05) is 5.75 Å². The average Bonchev–Trinajstić information content (AvgIpc) is 2.67. The SMILES string of the molecule is CCSCC1(N=C=O)CC1. The Bertz CT molecular complexity index is 159. The Balaban J connectivity index is 2.30. The third-order valence-corrected chi connectivity index (χ3v) is 2.83. The first-order chi connectivity index (χ1) is 4.83. The fourth-order valence-electron chi connectivity index (χ4n) is 0.822. The highest BCUT2D eigenvalue weighted by Crippen LogP contribution is 2.41. The molecule has 1 fully saturated rings. The Morgan fingerprint density at radius 1 is 1.70 bits per heavy atom. The minimum Gasteiger partial charge on any atom is -0.211 e. The second kappa shape index (κ2) is 3.22. The van der Waals surface area contributed by atoms with Crippen molar-refractivity contribution in [3.8, 4) is 0 Å². The van der Waals surface area contributed by atoms with Gasteiger partial charge in [0.15, 0.2) is 0 Å². The van der Waals surface area contributed by atoms with E-state index < -0.39 is 0 Å². The van der Waals surface area contributed by atoms with E-state index in [9.17, 15) is 4.79 Å². The molecular formula is C7H11NOS. The van der Waals surface area contributed by atoms with Crippen LogP contribution in [0.4, 0.5) is 0 Å². The van der Waals surface area contributed by atoms with E-state index in [1.807, 2.05) is 11.8 Å². The van der Waals surface area contributed by atoms with E-state index in [2.05, 4.69) is 11.9 Å². The van der Waals surface area contributed by atoms with Gasteiger partial charge in [0.25, 0.3) is 0 Å². The highest BCUT2D eigenvalue weighted by molar-refractivity contribution is 7.99. The predicted molar refractivity (Wildman–Crippen MR) is 43.1 cm³/mol. The van der Waals surface area contributed by atoms with Crippen LogP contribution >= 0.6 is 11.8 Å². The average molecular weight is 157 g/mol. The Hall–Kier alpha value is -0.270. The van der Waals surface area contributed by atoms with Crippen molar-refractivity contribution in [2.45, 2.75) is 25.3 Å². The number of nitrogens with zero attached hydrogens (tertiary/aromatic N) is 1. The van der Waals surface area contributed by atoms with Gasteiger partial charge in [-0.05, 0) is 18.6 Å². The Morgan fingerprint density at radius 2 is 2.40 bits per heavy atom.